The van der Waals surface area contributed by atoms with Gasteiger partial charge in [-0.15, -0.1) is 0 Å². The first-order chi connectivity index (χ1) is 9.19. The van der Waals surface area contributed by atoms with Crippen LogP contribution in [-0.2, 0) is 0 Å². The number of hydrogen-bond acceptors (Lipinski definition) is 5. The van der Waals surface area contributed by atoms with Crippen molar-refractivity contribution in [3.05, 3.63) is 11.4 Å². The van der Waals surface area contributed by atoms with E-state index in [2.05, 4.69) is 29.0 Å². The molecule has 1 aliphatic heterocycles. The molecule has 0 amide bonds. The van der Waals surface area contributed by atoms with E-state index in [9.17, 15) is 5.11 Å². The Morgan fingerprint density at radius 3 is 2.68 bits per heavy atom. The second-order valence-electron chi connectivity index (χ2n) is 5.57. The number of β-amino-alcohol motifs (C(OH)–C–C–N with tert-alkyl or cyclic N) is 1. The summed E-state index contributed by atoms with van der Waals surface area (Å²) >= 11 is 0. The minimum atomic E-state index is -0.221. The Bertz CT molecular complexity index is 473. The van der Waals surface area contributed by atoms with Gasteiger partial charge in [0, 0.05) is 31.1 Å². The molecular weight excluding hydrogens is 240 g/mol. The lowest BCUT2D eigenvalue weighted by Crippen LogP contribution is -2.24. The van der Waals surface area contributed by atoms with Crippen LogP contribution in [0.15, 0.2) is 0 Å². The predicted octanol–water partition coefficient (Wildman–Crippen LogP) is 1.67. The number of aliphatic hydroxyl groups excluding tert-OH is 1. The molecule has 0 aromatic carbocycles. The summed E-state index contributed by atoms with van der Waals surface area (Å²) in [6.07, 6.45) is 3.02. The van der Waals surface area contributed by atoms with Crippen molar-refractivity contribution in [2.75, 3.05) is 29.9 Å². The van der Waals surface area contributed by atoms with Gasteiger partial charge in [-0.2, -0.15) is 0 Å². The lowest BCUT2D eigenvalue weighted by atomic mass is 10.2. The molecule has 1 aromatic heterocycles. The summed E-state index contributed by atoms with van der Waals surface area (Å²) in [6, 6.07) is 0. The molecule has 3 rings (SSSR count). The molecule has 2 aliphatic rings. The lowest BCUT2D eigenvalue weighted by molar-refractivity contribution is 0.198. The maximum absolute atomic E-state index is 9.71. The molecule has 0 bridgehead atoms. The zero-order valence-corrected chi connectivity index (χ0v) is 11.7. The number of anilines is 2. The van der Waals surface area contributed by atoms with Crippen LogP contribution in [0.4, 0.5) is 11.6 Å². The largest absolute Gasteiger partial charge is 0.391 e. The molecule has 104 valence electrons. The fourth-order valence-corrected chi connectivity index (χ4v) is 2.63. The zero-order chi connectivity index (χ0) is 13.4. The van der Waals surface area contributed by atoms with Crippen molar-refractivity contribution in [1.82, 2.24) is 9.97 Å². The molecular formula is C14H22N4O. The maximum Gasteiger partial charge on any atom is 0.137 e. The molecule has 1 saturated heterocycles. The van der Waals surface area contributed by atoms with E-state index >= 15 is 0 Å². The number of nitrogens with zero attached hydrogens (tertiary/aromatic N) is 3. The van der Waals surface area contributed by atoms with Crippen LogP contribution < -0.4 is 10.2 Å². The predicted molar refractivity (Wildman–Crippen MR) is 75.7 cm³/mol. The first-order valence-electron chi connectivity index (χ1n) is 7.24. The van der Waals surface area contributed by atoms with E-state index in [0.29, 0.717) is 12.5 Å². The topological polar surface area (TPSA) is 61.3 Å². The number of hydrogen-bond donors (Lipinski definition) is 2. The van der Waals surface area contributed by atoms with Gasteiger partial charge in [0.05, 0.1) is 6.10 Å². The van der Waals surface area contributed by atoms with Crippen LogP contribution in [0, 0.1) is 6.92 Å². The van der Waals surface area contributed by atoms with Gasteiger partial charge in [-0.25, -0.2) is 9.97 Å². The Morgan fingerprint density at radius 2 is 2.11 bits per heavy atom. The second-order valence-corrected chi connectivity index (χ2v) is 5.57. The maximum atomic E-state index is 9.71. The van der Waals surface area contributed by atoms with Gasteiger partial charge in [0.15, 0.2) is 0 Å². The molecule has 19 heavy (non-hydrogen) atoms. The summed E-state index contributed by atoms with van der Waals surface area (Å²) in [5.74, 6) is 3.47. The summed E-state index contributed by atoms with van der Waals surface area (Å²) in [4.78, 5) is 11.6. The third kappa shape index (κ3) is 2.52. The number of aromatic nitrogens is 2. The molecule has 1 aliphatic carbocycles. The molecule has 1 unspecified atom stereocenters. The molecule has 1 aromatic rings. The highest BCUT2D eigenvalue weighted by atomic mass is 16.3. The van der Waals surface area contributed by atoms with Gasteiger partial charge in [0.25, 0.3) is 0 Å². The molecule has 5 nitrogen and oxygen atoms in total. The molecule has 1 atom stereocenters. The minimum absolute atomic E-state index is 0.221. The van der Waals surface area contributed by atoms with Crippen molar-refractivity contribution in [1.29, 1.82) is 0 Å². The highest BCUT2D eigenvalue weighted by molar-refractivity contribution is 5.59. The van der Waals surface area contributed by atoms with Gasteiger partial charge >= 0.3 is 0 Å². The van der Waals surface area contributed by atoms with Crippen LogP contribution in [0.2, 0.25) is 0 Å². The SMILES string of the molecule is CCNc1nc(C2CC2)nc(N2CCC(O)C2)c1C. The average Bonchev–Trinajstić information content (AvgIpc) is 3.15. The first-order valence-corrected chi connectivity index (χ1v) is 7.24. The van der Waals surface area contributed by atoms with Crippen LogP contribution >= 0.6 is 0 Å². The number of rotatable bonds is 4. The fourth-order valence-electron chi connectivity index (χ4n) is 2.63. The van der Waals surface area contributed by atoms with Crippen molar-refractivity contribution < 1.29 is 5.11 Å². The minimum Gasteiger partial charge on any atom is -0.391 e. The summed E-state index contributed by atoms with van der Waals surface area (Å²) < 4.78 is 0. The Hall–Kier alpha value is -1.36. The molecule has 2 heterocycles. The smallest absolute Gasteiger partial charge is 0.137 e. The van der Waals surface area contributed by atoms with Crippen molar-refractivity contribution >= 4 is 11.6 Å². The van der Waals surface area contributed by atoms with E-state index in [1.807, 2.05) is 0 Å². The Morgan fingerprint density at radius 1 is 1.32 bits per heavy atom. The van der Waals surface area contributed by atoms with Gasteiger partial charge in [0.1, 0.15) is 17.5 Å². The van der Waals surface area contributed by atoms with E-state index in [4.69, 9.17) is 4.98 Å². The Kier molecular flexibility index (Phi) is 3.31. The monoisotopic (exact) mass is 262 g/mol. The van der Waals surface area contributed by atoms with Crippen molar-refractivity contribution in [2.24, 2.45) is 0 Å². The van der Waals surface area contributed by atoms with E-state index in [0.717, 1.165) is 42.5 Å². The molecule has 0 radical (unpaired) electrons. The molecule has 2 fully saturated rings. The number of nitrogens with one attached hydrogen (secondary N) is 1. The highest BCUT2D eigenvalue weighted by Gasteiger charge is 2.30. The normalized spacial score (nSPS) is 22.9. The van der Waals surface area contributed by atoms with E-state index < -0.39 is 0 Å². The molecule has 0 spiro atoms. The van der Waals surface area contributed by atoms with Gasteiger partial charge in [-0.3, -0.25) is 0 Å². The van der Waals surface area contributed by atoms with Crippen molar-refractivity contribution in [3.8, 4) is 0 Å². The second kappa shape index (κ2) is 4.96. The summed E-state index contributed by atoms with van der Waals surface area (Å²) in [6.45, 7) is 6.58. The van der Waals surface area contributed by atoms with Crippen LogP contribution in [0.1, 0.15) is 43.5 Å². The number of aliphatic hydroxyl groups is 1. The summed E-state index contributed by atoms with van der Waals surface area (Å²) in [5.41, 5.74) is 1.10. The van der Waals surface area contributed by atoms with Gasteiger partial charge in [0.2, 0.25) is 0 Å². The molecule has 1 saturated carbocycles. The standard InChI is InChI=1S/C14H22N4O/c1-3-15-12-9(2)14(18-7-6-11(19)8-18)17-13(16-12)10-4-5-10/h10-11,19H,3-8H2,1-2H3,(H,15,16,17). The third-order valence-corrected chi connectivity index (χ3v) is 3.89. The highest BCUT2D eigenvalue weighted by Crippen LogP contribution is 2.40. The van der Waals surface area contributed by atoms with Crippen molar-refractivity contribution in [3.63, 3.8) is 0 Å². The fraction of sp³-hybridized carbons (Fsp3) is 0.714. The molecule has 2 N–H and O–H groups in total. The van der Waals surface area contributed by atoms with E-state index in [-0.39, 0.29) is 6.10 Å². The zero-order valence-electron chi connectivity index (χ0n) is 11.7. The lowest BCUT2D eigenvalue weighted by Gasteiger charge is -2.21. The third-order valence-electron chi connectivity index (χ3n) is 3.89. The van der Waals surface area contributed by atoms with Crippen LogP contribution in [0.25, 0.3) is 0 Å². The van der Waals surface area contributed by atoms with Gasteiger partial charge in [-0.05, 0) is 33.1 Å². The van der Waals surface area contributed by atoms with Crippen molar-refractivity contribution in [2.45, 2.75) is 45.1 Å². The van der Waals surface area contributed by atoms with Crippen LogP contribution in [-0.4, -0.2) is 40.8 Å². The Labute approximate surface area is 114 Å². The quantitative estimate of drug-likeness (QED) is 0.864. The van der Waals surface area contributed by atoms with Crippen LogP contribution in [0.5, 0.6) is 0 Å². The molecule has 5 heteroatoms. The van der Waals surface area contributed by atoms with Gasteiger partial charge < -0.3 is 15.3 Å². The van der Waals surface area contributed by atoms with Gasteiger partial charge in [-0.1, -0.05) is 0 Å². The summed E-state index contributed by atoms with van der Waals surface area (Å²) in [7, 11) is 0. The van der Waals surface area contributed by atoms with E-state index in [1.54, 1.807) is 0 Å². The average molecular weight is 262 g/mol. The summed E-state index contributed by atoms with van der Waals surface area (Å²) in [5, 5.41) is 13.0. The van der Waals surface area contributed by atoms with E-state index in [1.165, 1.54) is 12.8 Å². The van der Waals surface area contributed by atoms with Crippen LogP contribution in [0.3, 0.4) is 0 Å². The Balaban J connectivity index is 1.96. The first kappa shape index (κ1) is 12.7.